The van der Waals surface area contributed by atoms with E-state index in [-0.39, 0.29) is 6.92 Å². The standard InChI is InChI=1S/C6H4F10O/c1-2(7)3(8,4(9,10)11)17-6(15,16)5(12,13)14/h2H,1H3. The number of hydrogen-bond donors (Lipinski definition) is 0. The number of alkyl halides is 10. The molecule has 2 atom stereocenters. The van der Waals surface area contributed by atoms with E-state index in [1.54, 1.807) is 0 Å². The summed E-state index contributed by atoms with van der Waals surface area (Å²) in [5.41, 5.74) is 0. The Labute approximate surface area is 87.3 Å². The molecule has 0 aliphatic heterocycles. The third-order valence-electron chi connectivity index (χ3n) is 1.50. The van der Waals surface area contributed by atoms with Crippen LogP contribution in [-0.2, 0) is 4.74 Å². The third kappa shape index (κ3) is 3.13. The molecule has 1 nitrogen and oxygen atoms in total. The number of halogens is 10. The molecule has 17 heavy (non-hydrogen) atoms. The minimum absolute atomic E-state index is 0.208. The fraction of sp³-hybridized carbons (Fsp3) is 1.00. The van der Waals surface area contributed by atoms with Gasteiger partial charge in [-0.2, -0.15) is 39.5 Å². The minimum atomic E-state index is -6.61. The first kappa shape index (κ1) is 16.3. The number of hydrogen-bond acceptors (Lipinski definition) is 1. The second-order valence-electron chi connectivity index (χ2n) is 2.88. The highest BCUT2D eigenvalue weighted by molar-refractivity contribution is 4.86. The molecule has 0 saturated heterocycles. The average Bonchev–Trinajstić information content (AvgIpc) is 1.98. The van der Waals surface area contributed by atoms with Gasteiger partial charge in [-0.05, 0) is 6.92 Å². The molecule has 0 saturated carbocycles. The van der Waals surface area contributed by atoms with Crippen molar-refractivity contribution in [2.45, 2.75) is 37.4 Å². The van der Waals surface area contributed by atoms with E-state index < -0.39 is 30.5 Å². The first-order valence-corrected chi connectivity index (χ1v) is 3.69. The van der Waals surface area contributed by atoms with E-state index in [0.717, 1.165) is 0 Å². The fourth-order valence-electron chi connectivity index (χ4n) is 0.609. The van der Waals surface area contributed by atoms with Gasteiger partial charge < -0.3 is 0 Å². The molecule has 0 N–H and O–H groups in total. The van der Waals surface area contributed by atoms with Crippen molar-refractivity contribution < 1.29 is 48.6 Å². The molecule has 0 bridgehead atoms. The van der Waals surface area contributed by atoms with Gasteiger partial charge in [0.2, 0.25) is 0 Å². The Hall–Kier alpha value is -0.740. The molecule has 0 amide bonds. The Kier molecular flexibility index (Phi) is 3.99. The molecule has 0 spiro atoms. The van der Waals surface area contributed by atoms with Gasteiger partial charge in [-0.25, -0.2) is 4.39 Å². The Morgan fingerprint density at radius 2 is 1.12 bits per heavy atom. The zero-order valence-corrected chi connectivity index (χ0v) is 7.77. The van der Waals surface area contributed by atoms with Crippen LogP contribution in [0.2, 0.25) is 0 Å². The third-order valence-corrected chi connectivity index (χ3v) is 1.50. The molecule has 2 unspecified atom stereocenters. The molecule has 0 aromatic rings. The van der Waals surface area contributed by atoms with Crippen molar-refractivity contribution in [2.24, 2.45) is 0 Å². The summed E-state index contributed by atoms with van der Waals surface area (Å²) in [5.74, 6) is -5.76. The molecule has 104 valence electrons. The summed E-state index contributed by atoms with van der Waals surface area (Å²) in [6.45, 7) is -0.208. The van der Waals surface area contributed by atoms with Crippen molar-refractivity contribution >= 4 is 0 Å². The van der Waals surface area contributed by atoms with E-state index in [1.165, 1.54) is 0 Å². The minimum Gasteiger partial charge on any atom is -0.265 e. The highest BCUT2D eigenvalue weighted by Crippen LogP contribution is 2.47. The van der Waals surface area contributed by atoms with Gasteiger partial charge in [0.1, 0.15) is 0 Å². The summed E-state index contributed by atoms with van der Waals surface area (Å²) in [7, 11) is 0. The van der Waals surface area contributed by atoms with Gasteiger partial charge in [0.25, 0.3) is 0 Å². The smallest absolute Gasteiger partial charge is 0.265 e. The van der Waals surface area contributed by atoms with Crippen LogP contribution in [0.3, 0.4) is 0 Å². The highest BCUT2D eigenvalue weighted by atomic mass is 19.4. The molecule has 0 aliphatic carbocycles. The van der Waals surface area contributed by atoms with Gasteiger partial charge in [-0.1, -0.05) is 0 Å². The lowest BCUT2D eigenvalue weighted by atomic mass is 10.2. The quantitative estimate of drug-likeness (QED) is 0.716. The van der Waals surface area contributed by atoms with Crippen molar-refractivity contribution in [3.63, 3.8) is 0 Å². The van der Waals surface area contributed by atoms with Crippen molar-refractivity contribution in [1.29, 1.82) is 0 Å². The molecule has 0 aromatic carbocycles. The first-order valence-electron chi connectivity index (χ1n) is 3.69. The molecular formula is C6H4F10O. The maximum atomic E-state index is 12.7. The lowest BCUT2D eigenvalue weighted by Crippen LogP contribution is -2.57. The predicted molar refractivity (Wildman–Crippen MR) is 32.6 cm³/mol. The van der Waals surface area contributed by atoms with Gasteiger partial charge in [-0.15, -0.1) is 0 Å². The first-order chi connectivity index (χ1) is 7.15. The van der Waals surface area contributed by atoms with E-state index in [1.807, 2.05) is 4.74 Å². The Balaban J connectivity index is 5.32. The molecule has 0 fully saturated rings. The van der Waals surface area contributed by atoms with Crippen molar-refractivity contribution in [2.75, 3.05) is 0 Å². The molecule has 0 heterocycles. The van der Waals surface area contributed by atoms with Crippen LogP contribution in [-0.4, -0.2) is 30.5 Å². The van der Waals surface area contributed by atoms with Crippen LogP contribution in [0.1, 0.15) is 6.92 Å². The van der Waals surface area contributed by atoms with E-state index in [9.17, 15) is 43.9 Å². The van der Waals surface area contributed by atoms with Crippen LogP contribution in [0, 0.1) is 0 Å². The van der Waals surface area contributed by atoms with Gasteiger partial charge in [0.05, 0.1) is 0 Å². The number of rotatable bonds is 3. The van der Waals surface area contributed by atoms with Gasteiger partial charge in [-0.3, -0.25) is 4.74 Å². The van der Waals surface area contributed by atoms with Crippen LogP contribution in [0.4, 0.5) is 43.9 Å². The largest absolute Gasteiger partial charge is 0.483 e. The molecular weight excluding hydrogens is 278 g/mol. The zero-order valence-electron chi connectivity index (χ0n) is 7.77. The topological polar surface area (TPSA) is 9.23 Å². The zero-order chi connectivity index (χ0) is 14.3. The van der Waals surface area contributed by atoms with Crippen LogP contribution < -0.4 is 0 Å². The summed E-state index contributed by atoms with van der Waals surface area (Å²) in [6, 6.07) is 0. The SMILES string of the molecule is CC(F)C(F)(OC(F)(F)C(F)(F)F)C(F)(F)F. The maximum absolute atomic E-state index is 12.7. The average molecular weight is 282 g/mol. The molecule has 0 aromatic heterocycles. The monoisotopic (exact) mass is 282 g/mol. The molecule has 0 rings (SSSR count). The fourth-order valence-corrected chi connectivity index (χ4v) is 0.609. The van der Waals surface area contributed by atoms with E-state index in [4.69, 9.17) is 0 Å². The van der Waals surface area contributed by atoms with Crippen molar-refractivity contribution in [1.82, 2.24) is 0 Å². The summed E-state index contributed by atoms with van der Waals surface area (Å²) < 4.78 is 121. The van der Waals surface area contributed by atoms with Gasteiger partial charge >= 0.3 is 24.3 Å². The van der Waals surface area contributed by atoms with Crippen LogP contribution in [0.5, 0.6) is 0 Å². The van der Waals surface area contributed by atoms with Gasteiger partial charge in [0.15, 0.2) is 6.17 Å². The molecule has 0 aliphatic rings. The Bertz CT molecular complexity index is 265. The van der Waals surface area contributed by atoms with E-state index in [0.29, 0.717) is 0 Å². The number of ether oxygens (including phenoxy) is 1. The summed E-state index contributed by atoms with van der Waals surface area (Å²) >= 11 is 0. The highest BCUT2D eigenvalue weighted by Gasteiger charge is 2.71. The second-order valence-corrected chi connectivity index (χ2v) is 2.88. The maximum Gasteiger partial charge on any atom is 0.483 e. The van der Waals surface area contributed by atoms with Gasteiger partial charge in [0, 0.05) is 0 Å². The lowest BCUT2D eigenvalue weighted by molar-refractivity contribution is -0.478. The predicted octanol–water partition coefficient (Wildman–Crippen LogP) is 3.74. The van der Waals surface area contributed by atoms with Crippen molar-refractivity contribution in [3.8, 4) is 0 Å². The summed E-state index contributed by atoms with van der Waals surface area (Å²) in [4.78, 5) is 0. The second kappa shape index (κ2) is 4.18. The van der Waals surface area contributed by atoms with Crippen molar-refractivity contribution in [3.05, 3.63) is 0 Å². The van der Waals surface area contributed by atoms with E-state index >= 15 is 0 Å². The summed E-state index contributed by atoms with van der Waals surface area (Å²) in [5, 5.41) is 0. The molecule has 11 heteroatoms. The van der Waals surface area contributed by atoms with Crippen LogP contribution >= 0.6 is 0 Å². The molecule has 0 radical (unpaired) electrons. The normalized spacial score (nSPS) is 19.9. The summed E-state index contributed by atoms with van der Waals surface area (Å²) in [6.07, 6.45) is -23.3. The van der Waals surface area contributed by atoms with E-state index in [2.05, 4.69) is 0 Å². The Morgan fingerprint density at radius 3 is 1.29 bits per heavy atom. The van der Waals surface area contributed by atoms with Crippen LogP contribution in [0.15, 0.2) is 0 Å². The lowest BCUT2D eigenvalue weighted by Gasteiger charge is -2.32. The Morgan fingerprint density at radius 1 is 0.765 bits per heavy atom. The van der Waals surface area contributed by atoms with Crippen LogP contribution in [0.25, 0.3) is 0 Å².